The third-order valence-electron chi connectivity index (χ3n) is 0.997. The Bertz CT molecular complexity index is 82.5. The molecule has 0 aliphatic carbocycles. The zero-order valence-electron chi connectivity index (χ0n) is 4.96. The summed E-state index contributed by atoms with van der Waals surface area (Å²) in [7, 11) is 0. The van der Waals surface area contributed by atoms with Crippen LogP contribution in [-0.4, -0.2) is 19.5 Å². The predicted octanol–water partition coefficient (Wildman–Crippen LogP) is 0.935. The molecule has 1 saturated heterocycles. The molecule has 1 rings (SSSR count). The second kappa shape index (κ2) is 2.84. The first kappa shape index (κ1) is 5.79. The van der Waals surface area contributed by atoms with Gasteiger partial charge < -0.3 is 9.47 Å². The van der Waals surface area contributed by atoms with Gasteiger partial charge in [0.1, 0.15) is 0 Å². The lowest BCUT2D eigenvalue weighted by atomic mass is 10.5. The van der Waals surface area contributed by atoms with E-state index in [2.05, 4.69) is 0 Å². The number of allylic oxidation sites excluding steroid dienone is 1. The Balaban J connectivity index is 2.24. The summed E-state index contributed by atoms with van der Waals surface area (Å²) >= 11 is 0. The largest absolute Gasteiger partial charge is 0.347 e. The first-order valence-electron chi connectivity index (χ1n) is 2.79. The number of hydrogen-bond donors (Lipinski definition) is 0. The van der Waals surface area contributed by atoms with Crippen molar-refractivity contribution in [2.45, 2.75) is 13.2 Å². The van der Waals surface area contributed by atoms with Gasteiger partial charge in [-0.25, -0.2) is 0 Å². The Morgan fingerprint density at radius 1 is 1.38 bits per heavy atom. The summed E-state index contributed by atoms with van der Waals surface area (Å²) in [6.07, 6.45) is 3.75. The molecule has 0 aromatic carbocycles. The van der Waals surface area contributed by atoms with Crippen molar-refractivity contribution in [1.82, 2.24) is 0 Å². The molecule has 46 valence electrons. The fourth-order valence-electron chi connectivity index (χ4n) is 0.645. The summed E-state index contributed by atoms with van der Waals surface area (Å²) in [5.74, 6) is 0. The van der Waals surface area contributed by atoms with Crippen molar-refractivity contribution in [2.75, 3.05) is 13.2 Å². The normalized spacial score (nSPS) is 23.1. The van der Waals surface area contributed by atoms with Crippen LogP contribution in [0.25, 0.3) is 0 Å². The Kier molecular flexibility index (Phi) is 2.06. The Morgan fingerprint density at radius 2 is 2.00 bits per heavy atom. The highest BCUT2D eigenvalue weighted by Gasteiger charge is 2.10. The van der Waals surface area contributed by atoms with Gasteiger partial charge >= 0.3 is 0 Å². The molecular weight excluding hydrogens is 104 g/mol. The highest BCUT2D eigenvalue weighted by molar-refractivity contribution is 4.82. The number of hydrogen-bond acceptors (Lipinski definition) is 2. The monoisotopic (exact) mass is 114 g/mol. The van der Waals surface area contributed by atoms with Crippen molar-refractivity contribution < 1.29 is 9.47 Å². The molecule has 0 N–H and O–H groups in total. The summed E-state index contributed by atoms with van der Waals surface area (Å²) in [5, 5.41) is 0. The molecule has 0 unspecified atom stereocenters. The molecule has 2 nitrogen and oxygen atoms in total. The van der Waals surface area contributed by atoms with Gasteiger partial charge in [-0.2, -0.15) is 0 Å². The van der Waals surface area contributed by atoms with E-state index in [-0.39, 0.29) is 6.29 Å². The highest BCUT2D eigenvalue weighted by Crippen LogP contribution is 2.03. The van der Waals surface area contributed by atoms with Gasteiger partial charge in [0.2, 0.25) is 0 Å². The van der Waals surface area contributed by atoms with Crippen molar-refractivity contribution >= 4 is 0 Å². The average Bonchev–Trinajstić information content (AvgIpc) is 2.19. The highest BCUT2D eigenvalue weighted by atomic mass is 16.7. The van der Waals surface area contributed by atoms with Gasteiger partial charge in [0.05, 0.1) is 13.2 Å². The molecule has 0 aromatic heterocycles. The van der Waals surface area contributed by atoms with Crippen LogP contribution in [0.5, 0.6) is 0 Å². The van der Waals surface area contributed by atoms with Gasteiger partial charge in [0.15, 0.2) is 6.29 Å². The maximum Gasteiger partial charge on any atom is 0.177 e. The molecule has 1 heterocycles. The fraction of sp³-hybridized carbons (Fsp3) is 0.667. The molecule has 0 aromatic rings. The third-order valence-corrected chi connectivity index (χ3v) is 0.997. The summed E-state index contributed by atoms with van der Waals surface area (Å²) < 4.78 is 10.2. The minimum absolute atomic E-state index is 0.0694. The van der Waals surface area contributed by atoms with Crippen LogP contribution in [0.3, 0.4) is 0 Å². The molecule has 0 atom stereocenters. The van der Waals surface area contributed by atoms with Crippen molar-refractivity contribution in [3.8, 4) is 0 Å². The van der Waals surface area contributed by atoms with Crippen LogP contribution in [0.1, 0.15) is 6.92 Å². The van der Waals surface area contributed by atoms with Crippen LogP contribution < -0.4 is 0 Å². The smallest absolute Gasteiger partial charge is 0.177 e. The van der Waals surface area contributed by atoms with Crippen molar-refractivity contribution in [2.24, 2.45) is 0 Å². The molecular formula is C6H10O2. The van der Waals surface area contributed by atoms with Crippen molar-refractivity contribution in [3.05, 3.63) is 12.2 Å². The Hall–Kier alpha value is -0.340. The molecule has 1 aliphatic heterocycles. The molecule has 0 amide bonds. The molecule has 0 radical (unpaired) electrons. The summed E-state index contributed by atoms with van der Waals surface area (Å²) in [5.41, 5.74) is 0. The molecule has 0 saturated carbocycles. The molecule has 0 spiro atoms. The second-order valence-corrected chi connectivity index (χ2v) is 1.64. The van der Waals surface area contributed by atoms with E-state index in [0.717, 1.165) is 13.2 Å². The van der Waals surface area contributed by atoms with Gasteiger partial charge in [0.25, 0.3) is 0 Å². The van der Waals surface area contributed by atoms with E-state index < -0.39 is 0 Å². The molecule has 1 fully saturated rings. The number of rotatable bonds is 1. The van der Waals surface area contributed by atoms with Crippen LogP contribution in [-0.2, 0) is 9.47 Å². The van der Waals surface area contributed by atoms with Crippen LogP contribution >= 0.6 is 0 Å². The standard InChI is InChI=1S/C6H10O2/c1-2-3-6-7-4-5-8-6/h2-3,6H,4-5H2,1H3. The zero-order chi connectivity index (χ0) is 5.82. The average molecular weight is 114 g/mol. The molecule has 8 heavy (non-hydrogen) atoms. The summed E-state index contributed by atoms with van der Waals surface area (Å²) in [4.78, 5) is 0. The fourth-order valence-corrected chi connectivity index (χ4v) is 0.645. The van der Waals surface area contributed by atoms with Gasteiger partial charge in [-0.05, 0) is 13.0 Å². The molecule has 2 heteroatoms. The van der Waals surface area contributed by atoms with Crippen LogP contribution in [0.2, 0.25) is 0 Å². The minimum Gasteiger partial charge on any atom is -0.347 e. The van der Waals surface area contributed by atoms with Gasteiger partial charge in [0, 0.05) is 0 Å². The maximum atomic E-state index is 5.08. The lowest BCUT2D eigenvalue weighted by Crippen LogP contribution is -2.01. The number of ether oxygens (including phenoxy) is 2. The first-order chi connectivity index (χ1) is 3.93. The Morgan fingerprint density at radius 3 is 2.50 bits per heavy atom. The molecule has 0 bridgehead atoms. The summed E-state index contributed by atoms with van der Waals surface area (Å²) in [6.45, 7) is 3.41. The van der Waals surface area contributed by atoms with Crippen molar-refractivity contribution in [1.29, 1.82) is 0 Å². The third kappa shape index (κ3) is 1.32. The maximum absolute atomic E-state index is 5.08. The summed E-state index contributed by atoms with van der Waals surface area (Å²) in [6, 6.07) is 0. The van der Waals surface area contributed by atoms with Gasteiger partial charge in [-0.15, -0.1) is 0 Å². The Labute approximate surface area is 49.1 Å². The predicted molar refractivity (Wildman–Crippen MR) is 30.5 cm³/mol. The second-order valence-electron chi connectivity index (χ2n) is 1.64. The first-order valence-corrected chi connectivity index (χ1v) is 2.79. The quantitative estimate of drug-likeness (QED) is 0.472. The van der Waals surface area contributed by atoms with E-state index in [9.17, 15) is 0 Å². The van der Waals surface area contributed by atoms with Crippen LogP contribution in [0.4, 0.5) is 0 Å². The van der Waals surface area contributed by atoms with E-state index in [0.29, 0.717) is 0 Å². The van der Waals surface area contributed by atoms with E-state index in [1.165, 1.54) is 0 Å². The zero-order valence-corrected chi connectivity index (χ0v) is 4.96. The van der Waals surface area contributed by atoms with E-state index in [1.54, 1.807) is 0 Å². The van der Waals surface area contributed by atoms with E-state index in [1.807, 2.05) is 19.1 Å². The van der Waals surface area contributed by atoms with Crippen molar-refractivity contribution in [3.63, 3.8) is 0 Å². The van der Waals surface area contributed by atoms with E-state index >= 15 is 0 Å². The minimum atomic E-state index is -0.0694. The lowest BCUT2D eigenvalue weighted by molar-refractivity contribution is -0.00162. The van der Waals surface area contributed by atoms with Gasteiger partial charge in [-0.1, -0.05) is 6.08 Å². The van der Waals surface area contributed by atoms with Crippen LogP contribution in [0.15, 0.2) is 12.2 Å². The SMILES string of the molecule is CC=CC1OCCO1. The van der Waals surface area contributed by atoms with E-state index in [4.69, 9.17) is 9.47 Å². The van der Waals surface area contributed by atoms with Crippen LogP contribution in [0, 0.1) is 0 Å². The molecule has 1 aliphatic rings. The topological polar surface area (TPSA) is 18.5 Å². The van der Waals surface area contributed by atoms with Gasteiger partial charge in [-0.3, -0.25) is 0 Å². The lowest BCUT2D eigenvalue weighted by Gasteiger charge is -1.98.